The predicted octanol–water partition coefficient (Wildman–Crippen LogP) is 1.11. The number of carbonyl (C=O) groups is 1. The van der Waals surface area contributed by atoms with Crippen LogP contribution in [0.3, 0.4) is 0 Å². The third-order valence-electron chi connectivity index (χ3n) is 2.61. The number of nitriles is 1. The Morgan fingerprint density at radius 1 is 1.35 bits per heavy atom. The fraction of sp³-hybridized carbons (Fsp3) is 0.250. The van der Waals surface area contributed by atoms with Gasteiger partial charge in [0.2, 0.25) is 0 Å². The molecular weight excluding hydrogens is 220 g/mol. The zero-order valence-corrected chi connectivity index (χ0v) is 9.43. The van der Waals surface area contributed by atoms with Crippen molar-refractivity contribution in [3.05, 3.63) is 35.4 Å². The van der Waals surface area contributed by atoms with E-state index in [-0.39, 0.29) is 11.4 Å². The highest BCUT2D eigenvalue weighted by atomic mass is 16.5. The van der Waals surface area contributed by atoms with E-state index in [4.69, 9.17) is 14.7 Å². The quantitative estimate of drug-likeness (QED) is 0.712. The molecule has 0 aromatic carbocycles. The molecule has 0 saturated heterocycles. The van der Waals surface area contributed by atoms with Crippen LogP contribution in [0.5, 0.6) is 0 Å². The predicted molar refractivity (Wildman–Crippen MR) is 59.8 cm³/mol. The van der Waals surface area contributed by atoms with Gasteiger partial charge in [-0.2, -0.15) is 5.26 Å². The minimum atomic E-state index is -0.552. The number of ether oxygens (including phenoxy) is 2. The van der Waals surface area contributed by atoms with E-state index < -0.39 is 5.92 Å². The van der Waals surface area contributed by atoms with E-state index >= 15 is 0 Å². The Labute approximate surface area is 98.3 Å². The summed E-state index contributed by atoms with van der Waals surface area (Å²) in [7, 11) is 3.01. The van der Waals surface area contributed by atoms with Crippen molar-refractivity contribution in [1.29, 1.82) is 5.26 Å². The number of hydrogen-bond acceptors (Lipinski definition) is 5. The number of hydrogen-bond donors (Lipinski definition) is 0. The number of methoxy groups -OCH3 is 2. The lowest BCUT2D eigenvalue weighted by atomic mass is 9.87. The maximum atomic E-state index is 11.9. The van der Waals surface area contributed by atoms with Crippen LogP contribution in [0, 0.1) is 17.2 Å². The standard InChI is InChI=1S/C12H10N2O3/c1-16-10-3-8-9(4-11(10)17-2)14-6-7(5-13)12(8)15/h3-4,6,8H,1-2H3. The third-order valence-corrected chi connectivity index (χ3v) is 2.61. The largest absolute Gasteiger partial charge is 0.493 e. The zero-order valence-electron chi connectivity index (χ0n) is 9.43. The first-order chi connectivity index (χ1) is 8.21. The number of carbonyl (C=O) groups excluding carboxylic acids is 1. The number of fused-ring (bicyclic) bond motifs is 1. The Balaban J connectivity index is 2.47. The number of Topliss-reactive ketones (excluding diaryl/α,β-unsaturated/α-hetero) is 1. The van der Waals surface area contributed by atoms with Crippen molar-refractivity contribution in [3.63, 3.8) is 0 Å². The third kappa shape index (κ3) is 1.74. The van der Waals surface area contributed by atoms with E-state index in [1.165, 1.54) is 20.4 Å². The van der Waals surface area contributed by atoms with Crippen molar-refractivity contribution in [3.8, 4) is 6.07 Å². The maximum Gasteiger partial charge on any atom is 0.187 e. The summed E-state index contributed by atoms with van der Waals surface area (Å²) in [6, 6.07) is 1.83. The van der Waals surface area contributed by atoms with Crippen LogP contribution < -0.4 is 0 Å². The van der Waals surface area contributed by atoms with Gasteiger partial charge in [0, 0.05) is 12.3 Å². The van der Waals surface area contributed by atoms with Crippen LogP contribution in [0.2, 0.25) is 0 Å². The van der Waals surface area contributed by atoms with Crippen molar-refractivity contribution in [2.45, 2.75) is 0 Å². The molecule has 0 N–H and O–H groups in total. The highest BCUT2D eigenvalue weighted by Gasteiger charge is 2.32. The second-order valence-corrected chi connectivity index (χ2v) is 3.50. The molecule has 5 heteroatoms. The number of rotatable bonds is 2. The van der Waals surface area contributed by atoms with Crippen molar-refractivity contribution < 1.29 is 14.3 Å². The highest BCUT2D eigenvalue weighted by molar-refractivity contribution is 6.21. The lowest BCUT2D eigenvalue weighted by Crippen LogP contribution is -2.28. The average molecular weight is 230 g/mol. The molecule has 1 aliphatic carbocycles. The van der Waals surface area contributed by atoms with Gasteiger partial charge in [-0.15, -0.1) is 0 Å². The van der Waals surface area contributed by atoms with E-state index in [2.05, 4.69) is 4.99 Å². The molecule has 0 spiro atoms. The lowest BCUT2D eigenvalue weighted by Gasteiger charge is -2.22. The Morgan fingerprint density at radius 3 is 2.65 bits per heavy atom. The number of aliphatic imine (C=N–C) groups is 1. The second-order valence-electron chi connectivity index (χ2n) is 3.50. The molecule has 0 bridgehead atoms. The molecule has 0 radical (unpaired) electrons. The van der Waals surface area contributed by atoms with Crippen LogP contribution in [-0.2, 0) is 14.3 Å². The Morgan fingerprint density at radius 2 is 2.06 bits per heavy atom. The number of nitrogens with zero attached hydrogens (tertiary/aromatic N) is 2. The summed E-state index contributed by atoms with van der Waals surface area (Å²) < 4.78 is 10.2. The molecule has 86 valence electrons. The average Bonchev–Trinajstić information content (AvgIpc) is 2.38. The molecule has 5 nitrogen and oxygen atoms in total. The second kappa shape index (κ2) is 4.26. The summed E-state index contributed by atoms with van der Waals surface area (Å²) in [5, 5.41) is 8.77. The molecule has 2 rings (SSSR count). The molecule has 0 aromatic rings. The van der Waals surface area contributed by atoms with Crippen LogP contribution in [0.1, 0.15) is 0 Å². The summed E-state index contributed by atoms with van der Waals surface area (Å²) in [6.45, 7) is 0. The topological polar surface area (TPSA) is 71.7 Å². The monoisotopic (exact) mass is 230 g/mol. The fourth-order valence-corrected chi connectivity index (χ4v) is 1.72. The Hall–Kier alpha value is -2.35. The van der Waals surface area contributed by atoms with E-state index in [0.717, 1.165) is 0 Å². The Bertz CT molecular complexity index is 532. The molecular formula is C12H10N2O3. The summed E-state index contributed by atoms with van der Waals surface area (Å²) >= 11 is 0. The maximum absolute atomic E-state index is 11.9. The van der Waals surface area contributed by atoms with E-state index in [9.17, 15) is 4.79 Å². The minimum Gasteiger partial charge on any atom is -0.493 e. The van der Waals surface area contributed by atoms with Crippen molar-refractivity contribution >= 4 is 11.5 Å². The summed E-state index contributed by atoms with van der Waals surface area (Å²) in [6.07, 6.45) is 4.54. The summed E-state index contributed by atoms with van der Waals surface area (Å²) in [5.41, 5.74) is 0.617. The number of allylic oxidation sites excluding steroid dienone is 3. The van der Waals surface area contributed by atoms with Gasteiger partial charge in [-0.05, 0) is 6.08 Å². The van der Waals surface area contributed by atoms with Crippen LogP contribution in [-0.4, -0.2) is 25.7 Å². The van der Waals surface area contributed by atoms with E-state index in [0.29, 0.717) is 17.2 Å². The molecule has 0 aromatic heterocycles. The van der Waals surface area contributed by atoms with Crippen LogP contribution >= 0.6 is 0 Å². The molecule has 1 aliphatic heterocycles. The molecule has 0 fully saturated rings. The first-order valence-electron chi connectivity index (χ1n) is 4.95. The van der Waals surface area contributed by atoms with Gasteiger partial charge in [0.15, 0.2) is 17.3 Å². The first kappa shape index (κ1) is 11.1. The van der Waals surface area contributed by atoms with Gasteiger partial charge < -0.3 is 9.47 Å². The molecule has 1 atom stereocenters. The van der Waals surface area contributed by atoms with Gasteiger partial charge in [-0.25, -0.2) is 0 Å². The SMILES string of the molecule is COC1=CC2=NC=C(C#N)C(=O)C2C=C1OC. The van der Waals surface area contributed by atoms with Gasteiger partial charge >= 0.3 is 0 Å². The molecule has 0 amide bonds. The first-order valence-corrected chi connectivity index (χ1v) is 4.95. The Kier molecular flexibility index (Phi) is 2.79. The molecule has 1 heterocycles. The molecule has 17 heavy (non-hydrogen) atoms. The van der Waals surface area contributed by atoms with Gasteiger partial charge in [-0.3, -0.25) is 9.79 Å². The van der Waals surface area contributed by atoms with Crippen molar-refractivity contribution in [1.82, 2.24) is 0 Å². The summed E-state index contributed by atoms with van der Waals surface area (Å²) in [5.74, 6) is 0.176. The van der Waals surface area contributed by atoms with Gasteiger partial charge in [0.1, 0.15) is 11.6 Å². The zero-order chi connectivity index (χ0) is 12.4. The smallest absolute Gasteiger partial charge is 0.187 e. The normalized spacial score (nSPS) is 22.4. The summed E-state index contributed by atoms with van der Waals surface area (Å²) in [4.78, 5) is 16.0. The van der Waals surface area contributed by atoms with Crippen LogP contribution in [0.4, 0.5) is 0 Å². The number of ketones is 1. The van der Waals surface area contributed by atoms with Gasteiger partial charge in [0.05, 0.1) is 25.8 Å². The van der Waals surface area contributed by atoms with Gasteiger partial charge in [-0.1, -0.05) is 0 Å². The molecule has 0 saturated carbocycles. The fourth-order valence-electron chi connectivity index (χ4n) is 1.72. The molecule has 1 unspecified atom stereocenters. The van der Waals surface area contributed by atoms with E-state index in [1.54, 1.807) is 12.2 Å². The van der Waals surface area contributed by atoms with Crippen molar-refractivity contribution in [2.75, 3.05) is 14.2 Å². The molecule has 2 aliphatic rings. The van der Waals surface area contributed by atoms with Crippen LogP contribution in [0.25, 0.3) is 0 Å². The lowest BCUT2D eigenvalue weighted by molar-refractivity contribution is -0.116. The highest BCUT2D eigenvalue weighted by Crippen LogP contribution is 2.27. The van der Waals surface area contributed by atoms with Crippen LogP contribution in [0.15, 0.2) is 40.4 Å². The van der Waals surface area contributed by atoms with Gasteiger partial charge in [0.25, 0.3) is 0 Å². The van der Waals surface area contributed by atoms with E-state index in [1.807, 2.05) is 6.07 Å². The minimum absolute atomic E-state index is 0.0553. The van der Waals surface area contributed by atoms with Crippen molar-refractivity contribution in [2.24, 2.45) is 10.9 Å².